The van der Waals surface area contributed by atoms with Crippen LogP contribution in [-0.2, 0) is 11.4 Å². The van der Waals surface area contributed by atoms with Gasteiger partial charge in [-0.25, -0.2) is 0 Å². The van der Waals surface area contributed by atoms with Gasteiger partial charge in [0.25, 0.3) is 5.91 Å². The number of hydrogen-bond acceptors (Lipinski definition) is 3. The summed E-state index contributed by atoms with van der Waals surface area (Å²) in [5.74, 6) is 0.186. The third kappa shape index (κ3) is 4.99. The van der Waals surface area contributed by atoms with Crippen LogP contribution in [0, 0.1) is 11.3 Å². The largest absolute Gasteiger partial charge is 0.488 e. The van der Waals surface area contributed by atoms with Gasteiger partial charge in [0.15, 0.2) is 0 Å². The molecule has 0 N–H and O–H groups in total. The van der Waals surface area contributed by atoms with E-state index in [0.717, 1.165) is 5.56 Å². The number of nitrogens with zero attached hydrogens (tertiary/aromatic N) is 2. The van der Waals surface area contributed by atoms with Crippen LogP contribution in [0.2, 0.25) is 10.0 Å². The summed E-state index contributed by atoms with van der Waals surface area (Å²) < 4.78 is 5.82. The Morgan fingerprint density at radius 3 is 2.60 bits per heavy atom. The molecule has 6 heteroatoms. The maximum absolute atomic E-state index is 12.0. The highest BCUT2D eigenvalue weighted by Gasteiger charge is 2.13. The number of hydrogen-bond donors (Lipinski definition) is 0. The highest BCUT2D eigenvalue weighted by Crippen LogP contribution is 2.25. The minimum absolute atomic E-state index is 0.0329. The van der Waals surface area contributed by atoms with Crippen molar-refractivity contribution in [2.24, 2.45) is 0 Å². The number of halogens is 2. The molecule has 2 aromatic carbocycles. The van der Waals surface area contributed by atoms with E-state index < -0.39 is 0 Å². The summed E-state index contributed by atoms with van der Waals surface area (Å²) in [4.78, 5) is 13.4. The molecule has 0 atom stereocenters. The third-order valence-corrected chi connectivity index (χ3v) is 3.96. The van der Waals surface area contributed by atoms with Gasteiger partial charge >= 0.3 is 0 Å². The lowest BCUT2D eigenvalue weighted by Crippen LogP contribution is -2.22. The molecule has 4 nitrogen and oxygen atoms in total. The maximum Gasteiger partial charge on any atom is 0.264 e. The molecule has 25 heavy (non-hydrogen) atoms. The van der Waals surface area contributed by atoms with Crippen LogP contribution in [-0.4, -0.2) is 24.9 Å². The average Bonchev–Trinajstić information content (AvgIpc) is 2.59. The van der Waals surface area contributed by atoms with Crippen LogP contribution in [0.1, 0.15) is 11.1 Å². The number of benzene rings is 2. The molecule has 0 saturated carbocycles. The molecule has 0 spiro atoms. The molecule has 2 aromatic rings. The van der Waals surface area contributed by atoms with Crippen LogP contribution < -0.4 is 4.74 Å². The quantitative estimate of drug-likeness (QED) is 0.568. The molecule has 0 aromatic heterocycles. The van der Waals surface area contributed by atoms with Gasteiger partial charge in [-0.15, -0.1) is 0 Å². The highest BCUT2D eigenvalue weighted by atomic mass is 35.5. The van der Waals surface area contributed by atoms with Crippen molar-refractivity contribution in [2.45, 2.75) is 6.61 Å². The Kier molecular flexibility index (Phi) is 6.46. The van der Waals surface area contributed by atoms with Crippen molar-refractivity contribution in [3.8, 4) is 11.8 Å². The number of ether oxygens (including phenoxy) is 1. The normalized spacial score (nSPS) is 10.9. The van der Waals surface area contributed by atoms with Gasteiger partial charge in [0, 0.05) is 35.3 Å². The van der Waals surface area contributed by atoms with E-state index in [9.17, 15) is 10.1 Å². The molecular weight excluding hydrogens is 359 g/mol. The summed E-state index contributed by atoms with van der Waals surface area (Å²) >= 11 is 12.0. The number of nitriles is 1. The molecular formula is C19H16Cl2N2O2. The molecule has 0 aliphatic heterocycles. The number of rotatable bonds is 5. The second-order valence-electron chi connectivity index (χ2n) is 5.43. The lowest BCUT2D eigenvalue weighted by molar-refractivity contribution is -0.124. The van der Waals surface area contributed by atoms with Crippen LogP contribution in [0.3, 0.4) is 0 Å². The van der Waals surface area contributed by atoms with E-state index in [1.54, 1.807) is 44.4 Å². The van der Waals surface area contributed by atoms with Crippen molar-refractivity contribution in [1.29, 1.82) is 5.26 Å². The van der Waals surface area contributed by atoms with E-state index in [4.69, 9.17) is 27.9 Å². The van der Waals surface area contributed by atoms with Gasteiger partial charge in [-0.05, 0) is 24.3 Å². The topological polar surface area (TPSA) is 53.3 Å². The number of carbonyl (C=O) groups is 1. The van der Waals surface area contributed by atoms with Gasteiger partial charge < -0.3 is 9.64 Å². The van der Waals surface area contributed by atoms with Crippen molar-refractivity contribution >= 4 is 35.2 Å². The fraction of sp³-hybridized carbons (Fsp3) is 0.158. The first kappa shape index (κ1) is 18.9. The summed E-state index contributed by atoms with van der Waals surface area (Å²) in [6.45, 7) is 0.240. The van der Waals surface area contributed by atoms with Gasteiger partial charge in [0.2, 0.25) is 0 Å². The van der Waals surface area contributed by atoms with E-state index in [-0.39, 0.29) is 18.1 Å². The fourth-order valence-corrected chi connectivity index (χ4v) is 2.53. The molecule has 0 unspecified atom stereocenters. The SMILES string of the molecule is CN(C)C(=O)/C(C#N)=C\c1ccccc1OCc1ccc(Cl)cc1Cl. The summed E-state index contributed by atoms with van der Waals surface area (Å²) in [6, 6.07) is 14.3. The molecule has 0 aliphatic rings. The number of para-hydroxylation sites is 1. The van der Waals surface area contributed by atoms with Gasteiger partial charge in [0.05, 0.1) is 0 Å². The average molecular weight is 375 g/mol. The van der Waals surface area contributed by atoms with E-state index >= 15 is 0 Å². The first-order valence-electron chi connectivity index (χ1n) is 7.41. The summed E-state index contributed by atoms with van der Waals surface area (Å²) in [7, 11) is 3.19. The number of amides is 1. The molecule has 0 saturated heterocycles. The molecule has 0 fully saturated rings. The Bertz CT molecular complexity index is 855. The van der Waals surface area contributed by atoms with E-state index in [1.165, 1.54) is 11.0 Å². The van der Waals surface area contributed by atoms with Crippen LogP contribution in [0.15, 0.2) is 48.0 Å². The first-order valence-corrected chi connectivity index (χ1v) is 8.17. The van der Waals surface area contributed by atoms with Crippen molar-refractivity contribution in [2.75, 3.05) is 14.1 Å². The lowest BCUT2D eigenvalue weighted by atomic mass is 10.1. The minimum atomic E-state index is -0.363. The molecule has 0 radical (unpaired) electrons. The standard InChI is InChI=1S/C19H16Cl2N2O2/c1-23(2)19(24)15(11-22)9-13-5-3-4-6-18(13)25-12-14-7-8-16(20)10-17(14)21/h3-10H,12H2,1-2H3/b15-9-. The maximum atomic E-state index is 12.0. The summed E-state index contributed by atoms with van der Waals surface area (Å²) in [5, 5.41) is 10.3. The summed E-state index contributed by atoms with van der Waals surface area (Å²) in [6.07, 6.45) is 1.52. The predicted molar refractivity (Wildman–Crippen MR) is 99.5 cm³/mol. The zero-order valence-electron chi connectivity index (χ0n) is 13.8. The minimum Gasteiger partial charge on any atom is -0.488 e. The van der Waals surface area contributed by atoms with Gasteiger partial charge in [-0.2, -0.15) is 5.26 Å². The smallest absolute Gasteiger partial charge is 0.264 e. The van der Waals surface area contributed by atoms with Gasteiger partial charge in [-0.3, -0.25) is 4.79 Å². The lowest BCUT2D eigenvalue weighted by Gasteiger charge is -2.12. The number of carbonyl (C=O) groups excluding carboxylic acids is 1. The molecule has 0 heterocycles. The Morgan fingerprint density at radius 1 is 1.24 bits per heavy atom. The van der Waals surface area contributed by atoms with Crippen molar-refractivity contribution in [3.05, 3.63) is 69.2 Å². The van der Waals surface area contributed by atoms with E-state index in [1.807, 2.05) is 18.2 Å². The molecule has 128 valence electrons. The van der Waals surface area contributed by atoms with Crippen molar-refractivity contribution in [1.82, 2.24) is 4.90 Å². The molecule has 0 aliphatic carbocycles. The Labute approximate surface area is 156 Å². The predicted octanol–water partition coefficient (Wildman–Crippen LogP) is 4.57. The highest BCUT2D eigenvalue weighted by molar-refractivity contribution is 6.35. The zero-order valence-corrected chi connectivity index (χ0v) is 15.3. The summed E-state index contributed by atoms with van der Waals surface area (Å²) in [5.41, 5.74) is 1.46. The van der Waals surface area contributed by atoms with Crippen LogP contribution in [0.25, 0.3) is 6.08 Å². The van der Waals surface area contributed by atoms with Crippen molar-refractivity contribution in [3.63, 3.8) is 0 Å². The molecule has 1 amide bonds. The van der Waals surface area contributed by atoms with Crippen LogP contribution in [0.4, 0.5) is 0 Å². The van der Waals surface area contributed by atoms with Crippen LogP contribution in [0.5, 0.6) is 5.75 Å². The fourth-order valence-electron chi connectivity index (χ4n) is 2.06. The molecule has 0 bridgehead atoms. The third-order valence-electron chi connectivity index (χ3n) is 3.37. The Balaban J connectivity index is 2.26. The second-order valence-corrected chi connectivity index (χ2v) is 6.28. The van der Waals surface area contributed by atoms with Crippen molar-refractivity contribution < 1.29 is 9.53 Å². The first-order chi connectivity index (χ1) is 11.9. The molecule has 2 rings (SSSR count). The second kappa shape index (κ2) is 8.57. The van der Waals surface area contributed by atoms with E-state index in [0.29, 0.717) is 21.4 Å². The van der Waals surface area contributed by atoms with Gasteiger partial charge in [0.1, 0.15) is 24.0 Å². The Morgan fingerprint density at radius 2 is 1.96 bits per heavy atom. The Hall–Kier alpha value is -2.48. The van der Waals surface area contributed by atoms with Crippen LogP contribution >= 0.6 is 23.2 Å². The van der Waals surface area contributed by atoms with E-state index in [2.05, 4.69) is 0 Å². The van der Waals surface area contributed by atoms with Gasteiger partial charge in [-0.1, -0.05) is 47.5 Å². The number of likely N-dealkylation sites (N-methyl/N-ethyl adjacent to an activating group) is 1. The zero-order chi connectivity index (χ0) is 18.4. The monoisotopic (exact) mass is 374 g/mol.